The van der Waals surface area contributed by atoms with E-state index in [0.717, 1.165) is 19.3 Å². The molecule has 3 nitrogen and oxygen atoms in total. The first kappa shape index (κ1) is 11.2. The van der Waals surface area contributed by atoms with Gasteiger partial charge in [0, 0.05) is 0 Å². The number of hydrogen-bond acceptors (Lipinski definition) is 2. The third kappa shape index (κ3) is 4.13. The van der Waals surface area contributed by atoms with Gasteiger partial charge in [0.25, 0.3) is 0 Å². The van der Waals surface area contributed by atoms with Crippen molar-refractivity contribution < 1.29 is 9.90 Å². The van der Waals surface area contributed by atoms with Crippen LogP contribution in [0.3, 0.4) is 0 Å². The molecule has 0 radical (unpaired) electrons. The van der Waals surface area contributed by atoms with Gasteiger partial charge in [-0.05, 0) is 26.2 Å². The van der Waals surface area contributed by atoms with Gasteiger partial charge in [0.1, 0.15) is 5.54 Å². The molecule has 0 bridgehead atoms. The fraction of sp³-hybridized carbons (Fsp3) is 0.667. The summed E-state index contributed by atoms with van der Waals surface area (Å²) in [5.41, 5.74) is 4.45. The van der Waals surface area contributed by atoms with Gasteiger partial charge < -0.3 is 10.8 Å². The zero-order valence-corrected chi connectivity index (χ0v) is 7.55. The van der Waals surface area contributed by atoms with Crippen LogP contribution in [-0.4, -0.2) is 16.6 Å². The largest absolute Gasteiger partial charge is 0.480 e. The van der Waals surface area contributed by atoms with Crippen molar-refractivity contribution in [3.05, 3.63) is 12.7 Å². The van der Waals surface area contributed by atoms with Crippen LogP contribution in [0.1, 0.15) is 32.6 Å². The minimum Gasteiger partial charge on any atom is -0.480 e. The molecular weight excluding hydrogens is 154 g/mol. The van der Waals surface area contributed by atoms with Crippen LogP contribution < -0.4 is 5.73 Å². The van der Waals surface area contributed by atoms with Gasteiger partial charge in [-0.15, -0.1) is 6.58 Å². The van der Waals surface area contributed by atoms with E-state index in [4.69, 9.17) is 10.8 Å². The number of aliphatic carboxylic acids is 1. The van der Waals surface area contributed by atoms with E-state index in [1.54, 1.807) is 6.92 Å². The molecule has 0 spiro atoms. The second kappa shape index (κ2) is 4.93. The molecule has 0 aliphatic carbocycles. The average Bonchev–Trinajstić information content (AvgIpc) is 1.98. The van der Waals surface area contributed by atoms with Crippen molar-refractivity contribution >= 4 is 5.97 Å². The molecule has 0 aromatic carbocycles. The molecule has 0 saturated heterocycles. The van der Waals surface area contributed by atoms with Crippen LogP contribution in [0.25, 0.3) is 0 Å². The van der Waals surface area contributed by atoms with Gasteiger partial charge in [-0.2, -0.15) is 0 Å². The van der Waals surface area contributed by atoms with Gasteiger partial charge in [0.15, 0.2) is 0 Å². The number of carbonyl (C=O) groups is 1. The van der Waals surface area contributed by atoms with Crippen molar-refractivity contribution in [1.29, 1.82) is 0 Å². The molecule has 0 fully saturated rings. The van der Waals surface area contributed by atoms with E-state index < -0.39 is 11.5 Å². The number of hydrogen-bond donors (Lipinski definition) is 2. The predicted octanol–water partition coefficient (Wildman–Crippen LogP) is 1.53. The molecule has 1 atom stereocenters. The highest BCUT2D eigenvalue weighted by Crippen LogP contribution is 2.11. The molecule has 3 heteroatoms. The first-order valence-corrected chi connectivity index (χ1v) is 4.14. The van der Waals surface area contributed by atoms with Crippen LogP contribution in [0.2, 0.25) is 0 Å². The Bertz CT molecular complexity index is 164. The summed E-state index contributed by atoms with van der Waals surface area (Å²) < 4.78 is 0. The molecule has 0 saturated carbocycles. The van der Waals surface area contributed by atoms with Crippen LogP contribution in [0.4, 0.5) is 0 Å². The van der Waals surface area contributed by atoms with Gasteiger partial charge in [0.2, 0.25) is 0 Å². The smallest absolute Gasteiger partial charge is 0.323 e. The Morgan fingerprint density at radius 3 is 2.67 bits per heavy atom. The third-order valence-electron chi connectivity index (χ3n) is 1.84. The fourth-order valence-corrected chi connectivity index (χ4v) is 0.888. The molecule has 0 aromatic rings. The van der Waals surface area contributed by atoms with Crippen LogP contribution >= 0.6 is 0 Å². The van der Waals surface area contributed by atoms with E-state index in [-0.39, 0.29) is 0 Å². The molecule has 12 heavy (non-hydrogen) atoms. The van der Waals surface area contributed by atoms with Crippen LogP contribution in [0, 0.1) is 0 Å². The summed E-state index contributed by atoms with van der Waals surface area (Å²) in [6.07, 6.45) is 5.08. The highest BCUT2D eigenvalue weighted by atomic mass is 16.4. The Balaban J connectivity index is 3.61. The molecule has 0 amide bonds. The number of nitrogens with two attached hydrogens (primary N) is 1. The van der Waals surface area contributed by atoms with Crippen molar-refractivity contribution in [3.8, 4) is 0 Å². The van der Waals surface area contributed by atoms with E-state index >= 15 is 0 Å². The zero-order chi connectivity index (χ0) is 9.61. The first-order valence-electron chi connectivity index (χ1n) is 4.14. The minimum atomic E-state index is -1.07. The Morgan fingerprint density at radius 1 is 1.67 bits per heavy atom. The van der Waals surface area contributed by atoms with Crippen LogP contribution in [0.5, 0.6) is 0 Å². The summed E-state index contributed by atoms with van der Waals surface area (Å²) in [4.78, 5) is 10.5. The second-order valence-corrected chi connectivity index (χ2v) is 3.26. The third-order valence-corrected chi connectivity index (χ3v) is 1.84. The number of unbranched alkanes of at least 4 members (excludes halogenated alkanes) is 2. The topological polar surface area (TPSA) is 63.3 Å². The lowest BCUT2D eigenvalue weighted by molar-refractivity contribution is -0.142. The molecule has 70 valence electrons. The van der Waals surface area contributed by atoms with Crippen LogP contribution in [0.15, 0.2) is 12.7 Å². The lowest BCUT2D eigenvalue weighted by Crippen LogP contribution is -2.44. The van der Waals surface area contributed by atoms with Crippen molar-refractivity contribution in [3.63, 3.8) is 0 Å². The standard InChI is InChI=1S/C9H17NO2/c1-3-4-5-6-7-9(2,10)8(11)12/h3H,1,4-7,10H2,2H3,(H,11,12). The monoisotopic (exact) mass is 171 g/mol. The lowest BCUT2D eigenvalue weighted by Gasteiger charge is -2.18. The SMILES string of the molecule is C=CCCCCC(C)(N)C(=O)O. The lowest BCUT2D eigenvalue weighted by atomic mass is 9.96. The summed E-state index contributed by atoms with van der Waals surface area (Å²) in [6.45, 7) is 5.13. The summed E-state index contributed by atoms with van der Waals surface area (Å²) in [7, 11) is 0. The molecule has 1 unspecified atom stereocenters. The number of allylic oxidation sites excluding steroid dienone is 1. The quantitative estimate of drug-likeness (QED) is 0.470. The molecule has 0 heterocycles. The molecule has 0 aromatic heterocycles. The molecule has 0 aliphatic rings. The van der Waals surface area contributed by atoms with E-state index in [2.05, 4.69) is 6.58 Å². The van der Waals surface area contributed by atoms with Crippen molar-refractivity contribution in [1.82, 2.24) is 0 Å². The Morgan fingerprint density at radius 2 is 2.25 bits per heavy atom. The highest BCUT2D eigenvalue weighted by Gasteiger charge is 2.26. The summed E-state index contributed by atoms with van der Waals surface area (Å²) in [5, 5.41) is 8.65. The van der Waals surface area contributed by atoms with E-state index in [9.17, 15) is 4.79 Å². The maximum absolute atomic E-state index is 10.5. The first-order chi connectivity index (χ1) is 5.50. The number of carboxylic acids is 1. The summed E-state index contributed by atoms with van der Waals surface area (Å²) in [6, 6.07) is 0. The minimum absolute atomic E-state index is 0.524. The normalized spacial score (nSPS) is 15.2. The Labute approximate surface area is 73.3 Å². The number of rotatable bonds is 6. The molecular formula is C9H17NO2. The highest BCUT2D eigenvalue weighted by molar-refractivity contribution is 5.77. The van der Waals surface area contributed by atoms with Crippen molar-refractivity contribution in [2.24, 2.45) is 5.73 Å². The van der Waals surface area contributed by atoms with Gasteiger partial charge >= 0.3 is 5.97 Å². The molecule has 0 aliphatic heterocycles. The maximum atomic E-state index is 10.5. The summed E-state index contributed by atoms with van der Waals surface area (Å²) >= 11 is 0. The zero-order valence-electron chi connectivity index (χ0n) is 7.55. The number of carboxylic acid groups (broad SMARTS) is 1. The van der Waals surface area contributed by atoms with Gasteiger partial charge in [0.05, 0.1) is 0 Å². The second-order valence-electron chi connectivity index (χ2n) is 3.26. The Hall–Kier alpha value is -0.830. The van der Waals surface area contributed by atoms with Gasteiger partial charge in [-0.1, -0.05) is 12.5 Å². The van der Waals surface area contributed by atoms with Gasteiger partial charge in [-0.3, -0.25) is 4.79 Å². The van der Waals surface area contributed by atoms with E-state index in [0.29, 0.717) is 6.42 Å². The van der Waals surface area contributed by atoms with Gasteiger partial charge in [-0.25, -0.2) is 0 Å². The van der Waals surface area contributed by atoms with Crippen LogP contribution in [-0.2, 0) is 4.79 Å². The summed E-state index contributed by atoms with van der Waals surface area (Å²) in [5.74, 6) is -0.930. The maximum Gasteiger partial charge on any atom is 0.323 e. The molecule has 3 N–H and O–H groups in total. The van der Waals surface area contributed by atoms with Crippen molar-refractivity contribution in [2.45, 2.75) is 38.1 Å². The Kier molecular flexibility index (Phi) is 4.59. The molecule has 0 rings (SSSR count). The predicted molar refractivity (Wildman–Crippen MR) is 48.9 cm³/mol. The van der Waals surface area contributed by atoms with E-state index in [1.807, 2.05) is 6.08 Å². The fourth-order valence-electron chi connectivity index (χ4n) is 0.888. The average molecular weight is 171 g/mol. The van der Waals surface area contributed by atoms with E-state index in [1.165, 1.54) is 0 Å². The van der Waals surface area contributed by atoms with Crippen molar-refractivity contribution in [2.75, 3.05) is 0 Å².